The van der Waals surface area contributed by atoms with Crippen LogP contribution in [0.5, 0.6) is 0 Å². The molecule has 0 saturated carbocycles. The van der Waals surface area contributed by atoms with Crippen LogP contribution in [0.15, 0.2) is 18.2 Å². The molecule has 14 heavy (non-hydrogen) atoms. The molecule has 1 aromatic rings. The summed E-state index contributed by atoms with van der Waals surface area (Å²) in [6, 6.07) is 3.00. The summed E-state index contributed by atoms with van der Waals surface area (Å²) in [5.74, 6) is 0. The molecule has 0 saturated heterocycles. The van der Waals surface area contributed by atoms with Crippen molar-refractivity contribution in [3.63, 3.8) is 0 Å². The van der Waals surface area contributed by atoms with E-state index in [0.717, 1.165) is 18.2 Å². The maximum atomic E-state index is 10.8. The van der Waals surface area contributed by atoms with Crippen LogP contribution in [0.4, 0.5) is 5.69 Å². The molecule has 0 bridgehead atoms. The number of benzene rings is 1. The van der Waals surface area contributed by atoms with Crippen LogP contribution < -0.4 is 3.51 Å². The summed E-state index contributed by atoms with van der Waals surface area (Å²) in [6.07, 6.45) is 0. The summed E-state index contributed by atoms with van der Waals surface area (Å²) in [4.78, 5) is 9.59. The van der Waals surface area contributed by atoms with E-state index in [0.29, 0.717) is 0 Å². The first-order valence-corrected chi connectivity index (χ1v) is 8.30. The summed E-state index contributed by atoms with van der Waals surface area (Å²) in [5, 5.41) is 10.2. The van der Waals surface area contributed by atoms with Crippen LogP contribution in [0.2, 0.25) is 5.02 Å². The summed E-state index contributed by atoms with van der Waals surface area (Å²) in [7, 11) is 0. The van der Waals surface area contributed by atoms with Gasteiger partial charge in [-0.2, -0.15) is 0 Å². The molecule has 2 N–H and O–H groups in total. The van der Waals surface area contributed by atoms with Gasteiger partial charge in [0, 0.05) is 0 Å². The van der Waals surface area contributed by atoms with Gasteiger partial charge in [-0.1, -0.05) is 0 Å². The first-order valence-electron chi connectivity index (χ1n) is 3.32. The van der Waals surface area contributed by atoms with Crippen LogP contribution in [-0.4, -0.2) is 31.3 Å². The van der Waals surface area contributed by atoms with Crippen LogP contribution >= 0.6 is 11.6 Å². The molecule has 76 valence electrons. The Kier molecular flexibility index (Phi) is 3.21. The van der Waals surface area contributed by atoms with Crippen molar-refractivity contribution < 1.29 is 14.7 Å². The van der Waals surface area contributed by atoms with Crippen LogP contribution in [0.1, 0.15) is 0 Å². The Morgan fingerprint density at radius 3 is 2.43 bits per heavy atom. The number of hydrogen-bond donors (Lipinski definition) is 2. The first kappa shape index (κ1) is 11.5. The molecular weight excluding hydrogens is 323 g/mol. The summed E-state index contributed by atoms with van der Waals surface area (Å²) in [6.45, 7) is 0. The molecule has 8 heteroatoms. The molecule has 1 aromatic carbocycles. The van der Waals surface area contributed by atoms with Crippen LogP contribution in [-0.2, 0) is 3.02 Å². The van der Waals surface area contributed by atoms with Gasteiger partial charge in [-0.15, -0.1) is 0 Å². The number of hydrogen-bond acceptors (Lipinski definition) is 3. The summed E-state index contributed by atoms with van der Waals surface area (Å²) >= 11 is 0.0963. The maximum absolute atomic E-state index is 10.8. The van der Waals surface area contributed by atoms with Gasteiger partial charge in [0.1, 0.15) is 0 Å². The first-order chi connectivity index (χ1) is 6.32. The van der Waals surface area contributed by atoms with Crippen molar-refractivity contribution in [2.24, 2.45) is 0 Å². The minimum atomic E-state index is -5.36. The Labute approximate surface area is 88.4 Å². The molecule has 1 rings (SSSR count). The molecule has 0 amide bonds. The number of rotatable bonds is 2. The third-order valence-electron chi connectivity index (χ3n) is 1.46. The fourth-order valence-corrected chi connectivity index (χ4v) is 2.60. The Morgan fingerprint density at radius 1 is 1.43 bits per heavy atom. The van der Waals surface area contributed by atoms with E-state index >= 15 is 0 Å². The molecule has 0 aliphatic heterocycles. The van der Waals surface area contributed by atoms with Crippen molar-refractivity contribution in [1.29, 1.82) is 0 Å². The number of halogens is 1. The van der Waals surface area contributed by atoms with Gasteiger partial charge in [0.05, 0.1) is 0 Å². The predicted octanol–water partition coefficient (Wildman–Crippen LogP) is -0.191. The second kappa shape index (κ2) is 3.90. The molecular formula is C6H5ClNO5Sb. The van der Waals surface area contributed by atoms with E-state index in [-0.39, 0.29) is 8.53 Å². The van der Waals surface area contributed by atoms with Crippen molar-refractivity contribution in [3.8, 4) is 0 Å². The molecule has 0 heterocycles. The average Bonchev–Trinajstić information content (AvgIpc) is 2.02. The second-order valence-corrected chi connectivity index (χ2v) is 7.42. The third kappa shape index (κ3) is 2.48. The van der Waals surface area contributed by atoms with Gasteiger partial charge in [-0.3, -0.25) is 0 Å². The monoisotopic (exact) mass is 327 g/mol. The van der Waals surface area contributed by atoms with Crippen molar-refractivity contribution in [2.75, 3.05) is 0 Å². The van der Waals surface area contributed by atoms with Crippen LogP contribution in [0.25, 0.3) is 0 Å². The zero-order valence-corrected chi connectivity index (χ0v) is 9.93. The Morgan fingerprint density at radius 2 is 2.00 bits per heavy atom. The summed E-state index contributed by atoms with van der Waals surface area (Å²) in [5.41, 5.74) is -0.499. The standard InChI is InChI=1S/C6H3ClNO2.2H2O.O.Sb/c7-5-3-1-2-4-6(5)8(9)10;;;;/h1,3-4H;2*1H2;;/q;;;;+2/p-2. The molecule has 6 nitrogen and oxygen atoms in total. The molecule has 0 aliphatic rings. The van der Waals surface area contributed by atoms with E-state index in [1.165, 1.54) is 0 Å². The van der Waals surface area contributed by atoms with E-state index in [1.807, 2.05) is 0 Å². The van der Waals surface area contributed by atoms with Gasteiger partial charge in [-0.25, -0.2) is 0 Å². The van der Waals surface area contributed by atoms with E-state index < -0.39 is 30.2 Å². The quantitative estimate of drug-likeness (QED) is 0.445. The van der Waals surface area contributed by atoms with E-state index in [1.54, 1.807) is 0 Å². The molecule has 0 aliphatic carbocycles. The van der Waals surface area contributed by atoms with Crippen LogP contribution in [0, 0.1) is 10.1 Å². The topological polar surface area (TPSA) is 101 Å². The second-order valence-electron chi connectivity index (χ2n) is 2.44. The normalized spacial score (nSPS) is 11.4. The number of nitro groups is 1. The fraction of sp³-hybridized carbons (Fsp3) is 0. The fourth-order valence-electron chi connectivity index (χ4n) is 0.822. The van der Waals surface area contributed by atoms with Crippen molar-refractivity contribution in [1.82, 2.24) is 0 Å². The zero-order valence-electron chi connectivity index (χ0n) is 6.62. The third-order valence-corrected chi connectivity index (χ3v) is 4.50. The molecule has 0 fully saturated rings. The van der Waals surface area contributed by atoms with Gasteiger partial charge < -0.3 is 0 Å². The van der Waals surface area contributed by atoms with E-state index in [4.69, 9.17) is 18.4 Å². The van der Waals surface area contributed by atoms with Crippen molar-refractivity contribution in [2.45, 2.75) is 0 Å². The summed E-state index contributed by atoms with van der Waals surface area (Å²) < 4.78 is 28.1. The molecule has 0 unspecified atom stereocenters. The van der Waals surface area contributed by atoms with E-state index in [9.17, 15) is 13.1 Å². The molecule has 0 spiro atoms. The minimum absolute atomic E-state index is 0.146. The Hall–Kier alpha value is -0.552. The Bertz CT molecular complexity index is 428. The SMILES string of the molecule is O=[N+]([O-])c1c[c]([Sb](=[O])([OH])[OH])ccc1Cl. The molecule has 0 aromatic heterocycles. The average molecular weight is 328 g/mol. The predicted molar refractivity (Wildman–Crippen MR) is 48.6 cm³/mol. The van der Waals surface area contributed by atoms with Crippen molar-refractivity contribution in [3.05, 3.63) is 33.3 Å². The number of nitro benzene ring substituents is 1. The number of nitrogens with zero attached hydrogens (tertiary/aromatic N) is 1. The molecule has 0 atom stereocenters. The van der Waals surface area contributed by atoms with Gasteiger partial charge >= 0.3 is 88.5 Å². The van der Waals surface area contributed by atoms with Gasteiger partial charge in [-0.05, 0) is 0 Å². The van der Waals surface area contributed by atoms with Gasteiger partial charge in [0.2, 0.25) is 0 Å². The molecule has 0 radical (unpaired) electrons. The zero-order chi connectivity index (χ0) is 10.9. The van der Waals surface area contributed by atoms with Crippen LogP contribution in [0.3, 0.4) is 0 Å². The van der Waals surface area contributed by atoms with Gasteiger partial charge in [0.15, 0.2) is 0 Å². The van der Waals surface area contributed by atoms with E-state index in [2.05, 4.69) is 0 Å². The van der Waals surface area contributed by atoms with Crippen molar-refractivity contribution >= 4 is 40.4 Å². The van der Waals surface area contributed by atoms with Gasteiger partial charge in [0.25, 0.3) is 0 Å². The Balaban J connectivity index is 3.34.